The van der Waals surface area contributed by atoms with Crippen LogP contribution in [0.2, 0.25) is 0 Å². The fraction of sp³-hybridized carbons (Fsp3) is 0.533. The molecule has 1 saturated heterocycles. The van der Waals surface area contributed by atoms with Crippen LogP contribution in [0.3, 0.4) is 0 Å². The maximum atomic E-state index is 11.8. The molecular weight excluding hydrogens is 240 g/mol. The first-order valence-electron chi connectivity index (χ1n) is 6.81. The summed E-state index contributed by atoms with van der Waals surface area (Å²) in [6.07, 6.45) is 6.07. The van der Waals surface area contributed by atoms with Gasteiger partial charge in [-0.05, 0) is 32.1 Å². The van der Waals surface area contributed by atoms with Crippen LogP contribution in [0.1, 0.15) is 39.0 Å². The Morgan fingerprint density at radius 2 is 2.21 bits per heavy atom. The molecule has 0 radical (unpaired) electrons. The summed E-state index contributed by atoms with van der Waals surface area (Å²) >= 11 is 0. The smallest absolute Gasteiger partial charge is 0.249 e. The molecule has 0 aromatic heterocycles. The van der Waals surface area contributed by atoms with Gasteiger partial charge in [0, 0.05) is 17.5 Å². The second-order valence-corrected chi connectivity index (χ2v) is 4.86. The van der Waals surface area contributed by atoms with Gasteiger partial charge in [0.05, 0.1) is 12.6 Å². The predicted octanol–water partition coefficient (Wildman–Crippen LogP) is 1.99. The Bertz CT molecular complexity index is 386. The molecule has 1 aliphatic heterocycles. The number of nitrogens with one attached hydrogen (secondary N) is 2. The number of aliphatic hydroxyl groups excluding tert-OH is 1. The van der Waals surface area contributed by atoms with Crippen molar-refractivity contribution in [3.63, 3.8) is 0 Å². The SMILES string of the molecule is C=C(CC)NC(=O)/C=C1/CCCCC(=C)C(CO)N1. The Morgan fingerprint density at radius 3 is 2.84 bits per heavy atom. The largest absolute Gasteiger partial charge is 0.394 e. The lowest BCUT2D eigenvalue weighted by Crippen LogP contribution is -2.35. The number of rotatable bonds is 4. The molecule has 1 atom stereocenters. The molecule has 0 saturated carbocycles. The normalized spacial score (nSPS) is 22.3. The van der Waals surface area contributed by atoms with Gasteiger partial charge in [-0.1, -0.05) is 25.7 Å². The van der Waals surface area contributed by atoms with Crippen LogP contribution in [0.15, 0.2) is 36.2 Å². The third-order valence-electron chi connectivity index (χ3n) is 3.26. The summed E-state index contributed by atoms with van der Waals surface area (Å²) in [5.41, 5.74) is 2.54. The number of aliphatic hydroxyl groups is 1. The second kappa shape index (κ2) is 7.79. The number of hydrogen-bond acceptors (Lipinski definition) is 3. The van der Waals surface area contributed by atoms with E-state index in [4.69, 9.17) is 0 Å². The molecule has 1 heterocycles. The van der Waals surface area contributed by atoms with Crippen LogP contribution in [0.4, 0.5) is 0 Å². The van der Waals surface area contributed by atoms with E-state index in [2.05, 4.69) is 23.8 Å². The Hall–Kier alpha value is -1.55. The van der Waals surface area contributed by atoms with Crippen LogP contribution in [0.5, 0.6) is 0 Å². The molecule has 0 aromatic rings. The molecule has 1 unspecified atom stereocenters. The number of hydrogen-bond donors (Lipinski definition) is 3. The van der Waals surface area contributed by atoms with Gasteiger partial charge < -0.3 is 15.7 Å². The quantitative estimate of drug-likeness (QED) is 0.537. The summed E-state index contributed by atoms with van der Waals surface area (Å²) in [4.78, 5) is 11.8. The zero-order valence-corrected chi connectivity index (χ0v) is 11.7. The van der Waals surface area contributed by atoms with Gasteiger partial charge >= 0.3 is 0 Å². The van der Waals surface area contributed by atoms with Crippen molar-refractivity contribution in [2.45, 2.75) is 45.1 Å². The summed E-state index contributed by atoms with van der Waals surface area (Å²) in [6.45, 7) is 9.67. The summed E-state index contributed by atoms with van der Waals surface area (Å²) in [6, 6.07) is -0.159. The van der Waals surface area contributed by atoms with Gasteiger partial charge in [-0.15, -0.1) is 0 Å². The van der Waals surface area contributed by atoms with E-state index in [0.717, 1.165) is 43.4 Å². The second-order valence-electron chi connectivity index (χ2n) is 4.86. The van der Waals surface area contributed by atoms with Gasteiger partial charge in [-0.2, -0.15) is 0 Å². The van der Waals surface area contributed by atoms with Crippen molar-refractivity contribution in [1.82, 2.24) is 10.6 Å². The van der Waals surface area contributed by atoms with Crippen molar-refractivity contribution in [3.05, 3.63) is 36.2 Å². The molecule has 0 aliphatic carbocycles. The standard InChI is InChI=1S/C15H24N2O2/c1-4-12(3)16-15(19)9-13-8-6-5-7-11(2)14(10-18)17-13/h9,14,17-18H,2-8,10H2,1H3,(H,16,19)/b13-9-. The van der Waals surface area contributed by atoms with Crippen molar-refractivity contribution in [3.8, 4) is 0 Å². The minimum absolute atomic E-state index is 0.000535. The van der Waals surface area contributed by atoms with Crippen molar-refractivity contribution < 1.29 is 9.90 Å². The van der Waals surface area contributed by atoms with Crippen molar-refractivity contribution >= 4 is 5.91 Å². The molecule has 19 heavy (non-hydrogen) atoms. The Labute approximate surface area is 115 Å². The molecule has 0 aromatic carbocycles. The Kier molecular flexibility index (Phi) is 6.36. The minimum atomic E-state index is -0.169. The topological polar surface area (TPSA) is 61.4 Å². The van der Waals surface area contributed by atoms with E-state index >= 15 is 0 Å². The highest BCUT2D eigenvalue weighted by Gasteiger charge is 2.16. The van der Waals surface area contributed by atoms with Gasteiger partial charge in [0.25, 0.3) is 0 Å². The number of carbonyl (C=O) groups is 1. The Balaban J connectivity index is 2.70. The lowest BCUT2D eigenvalue weighted by atomic mass is 9.98. The molecule has 1 fully saturated rings. The Morgan fingerprint density at radius 1 is 1.53 bits per heavy atom. The van der Waals surface area contributed by atoms with Gasteiger partial charge in [-0.3, -0.25) is 4.79 Å². The highest BCUT2D eigenvalue weighted by Crippen LogP contribution is 2.18. The van der Waals surface area contributed by atoms with E-state index in [0.29, 0.717) is 5.70 Å². The van der Waals surface area contributed by atoms with Crippen LogP contribution in [-0.2, 0) is 4.79 Å². The molecule has 4 heteroatoms. The van der Waals surface area contributed by atoms with E-state index in [9.17, 15) is 9.90 Å². The van der Waals surface area contributed by atoms with Crippen LogP contribution in [0, 0.1) is 0 Å². The highest BCUT2D eigenvalue weighted by molar-refractivity contribution is 5.89. The maximum absolute atomic E-state index is 11.8. The first-order valence-corrected chi connectivity index (χ1v) is 6.81. The van der Waals surface area contributed by atoms with Crippen LogP contribution < -0.4 is 10.6 Å². The zero-order chi connectivity index (χ0) is 14.3. The zero-order valence-electron chi connectivity index (χ0n) is 11.7. The minimum Gasteiger partial charge on any atom is -0.394 e. The lowest BCUT2D eigenvalue weighted by molar-refractivity contribution is -0.115. The maximum Gasteiger partial charge on any atom is 0.249 e. The molecular formula is C15H24N2O2. The van der Waals surface area contributed by atoms with Gasteiger partial charge in [0.15, 0.2) is 0 Å². The molecule has 4 nitrogen and oxygen atoms in total. The van der Waals surface area contributed by atoms with Crippen LogP contribution >= 0.6 is 0 Å². The monoisotopic (exact) mass is 264 g/mol. The average molecular weight is 264 g/mol. The molecule has 106 valence electrons. The van der Waals surface area contributed by atoms with Crippen LogP contribution in [-0.4, -0.2) is 23.7 Å². The summed E-state index contributed by atoms with van der Waals surface area (Å²) in [7, 11) is 0. The molecule has 3 N–H and O–H groups in total. The third-order valence-corrected chi connectivity index (χ3v) is 3.26. The summed E-state index contributed by atoms with van der Waals surface area (Å²) in [5, 5.41) is 15.3. The number of carbonyl (C=O) groups excluding carboxylic acids is 1. The molecule has 0 spiro atoms. The van der Waals surface area contributed by atoms with Gasteiger partial charge in [-0.25, -0.2) is 0 Å². The average Bonchev–Trinajstić information content (AvgIpc) is 2.37. The first-order chi connectivity index (χ1) is 9.06. The first kappa shape index (κ1) is 15.5. The third kappa shape index (κ3) is 5.30. The van der Waals surface area contributed by atoms with Crippen LogP contribution in [0.25, 0.3) is 0 Å². The van der Waals surface area contributed by atoms with Gasteiger partial charge in [0.1, 0.15) is 0 Å². The van der Waals surface area contributed by atoms with Crippen molar-refractivity contribution in [2.24, 2.45) is 0 Å². The van der Waals surface area contributed by atoms with E-state index in [1.165, 1.54) is 0 Å². The number of allylic oxidation sites excluding steroid dienone is 2. The fourth-order valence-electron chi connectivity index (χ4n) is 1.99. The lowest BCUT2D eigenvalue weighted by Gasteiger charge is -2.25. The summed E-state index contributed by atoms with van der Waals surface area (Å²) in [5.74, 6) is -0.169. The molecule has 1 aliphatic rings. The van der Waals surface area contributed by atoms with Gasteiger partial charge in [0.2, 0.25) is 5.91 Å². The highest BCUT2D eigenvalue weighted by atomic mass is 16.3. The molecule has 1 rings (SSSR count). The van der Waals surface area contributed by atoms with E-state index in [1.54, 1.807) is 6.08 Å². The predicted molar refractivity (Wildman–Crippen MR) is 77.3 cm³/mol. The fourth-order valence-corrected chi connectivity index (χ4v) is 1.99. The van der Waals surface area contributed by atoms with Crippen molar-refractivity contribution in [1.29, 1.82) is 0 Å². The molecule has 0 bridgehead atoms. The van der Waals surface area contributed by atoms with Crippen molar-refractivity contribution in [2.75, 3.05) is 6.61 Å². The molecule has 1 amide bonds. The summed E-state index contributed by atoms with van der Waals surface area (Å²) < 4.78 is 0. The number of amides is 1. The van der Waals surface area contributed by atoms with E-state index in [1.807, 2.05) is 6.92 Å². The van der Waals surface area contributed by atoms with E-state index < -0.39 is 0 Å². The van der Waals surface area contributed by atoms with E-state index in [-0.39, 0.29) is 18.6 Å².